The maximum absolute atomic E-state index is 12.2. The summed E-state index contributed by atoms with van der Waals surface area (Å²) in [5, 5.41) is 9.62. The minimum atomic E-state index is -3.77. The summed E-state index contributed by atoms with van der Waals surface area (Å²) in [6.45, 7) is 2.09. The van der Waals surface area contributed by atoms with Gasteiger partial charge in [0.15, 0.2) is 0 Å². The molecule has 0 aliphatic rings. The third kappa shape index (κ3) is 3.30. The molecular formula is C15H17NO3S. The van der Waals surface area contributed by atoms with Crippen molar-refractivity contribution in [3.8, 4) is 5.75 Å². The summed E-state index contributed by atoms with van der Waals surface area (Å²) in [5.41, 5.74) is 1.64. The number of aryl methyl sites for hydroxylation is 1. The topological polar surface area (TPSA) is 66.4 Å². The van der Waals surface area contributed by atoms with Crippen LogP contribution >= 0.6 is 0 Å². The van der Waals surface area contributed by atoms with Gasteiger partial charge in [-0.05, 0) is 36.2 Å². The number of hydrogen-bond donors (Lipinski definition) is 2. The van der Waals surface area contributed by atoms with Crippen molar-refractivity contribution in [1.29, 1.82) is 0 Å². The summed E-state index contributed by atoms with van der Waals surface area (Å²) in [4.78, 5) is -0.127. The van der Waals surface area contributed by atoms with Gasteiger partial charge in [-0.3, -0.25) is 4.72 Å². The van der Waals surface area contributed by atoms with E-state index in [1.165, 1.54) is 12.1 Å². The Morgan fingerprint density at radius 2 is 1.70 bits per heavy atom. The lowest BCUT2D eigenvalue weighted by Crippen LogP contribution is -2.13. The molecule has 0 aromatic heterocycles. The van der Waals surface area contributed by atoms with Gasteiger partial charge in [0.1, 0.15) is 10.6 Å². The van der Waals surface area contributed by atoms with E-state index >= 15 is 0 Å². The molecule has 0 heterocycles. The van der Waals surface area contributed by atoms with E-state index in [9.17, 15) is 13.5 Å². The van der Waals surface area contributed by atoms with E-state index in [-0.39, 0.29) is 10.6 Å². The molecule has 2 aromatic rings. The van der Waals surface area contributed by atoms with E-state index in [4.69, 9.17) is 0 Å². The maximum Gasteiger partial charge on any atom is 0.265 e. The Balaban J connectivity index is 2.22. The van der Waals surface area contributed by atoms with Crippen LogP contribution in [0.15, 0.2) is 53.4 Å². The van der Waals surface area contributed by atoms with Gasteiger partial charge in [-0.1, -0.05) is 37.6 Å². The third-order valence-electron chi connectivity index (χ3n) is 2.90. The minimum absolute atomic E-state index is 0.127. The van der Waals surface area contributed by atoms with Gasteiger partial charge < -0.3 is 5.11 Å². The molecule has 20 heavy (non-hydrogen) atoms. The maximum atomic E-state index is 12.2. The molecule has 2 rings (SSSR count). The number of aromatic hydroxyl groups is 1. The molecular weight excluding hydrogens is 274 g/mol. The zero-order valence-corrected chi connectivity index (χ0v) is 12.0. The van der Waals surface area contributed by atoms with Crippen LogP contribution in [0.4, 0.5) is 5.69 Å². The highest BCUT2D eigenvalue weighted by atomic mass is 32.2. The van der Waals surface area contributed by atoms with Gasteiger partial charge in [0.05, 0.1) is 0 Å². The number of rotatable bonds is 5. The fourth-order valence-electron chi connectivity index (χ4n) is 1.92. The highest BCUT2D eigenvalue weighted by Crippen LogP contribution is 2.24. The molecule has 0 spiro atoms. The second kappa shape index (κ2) is 5.96. The van der Waals surface area contributed by atoms with Crippen molar-refractivity contribution < 1.29 is 13.5 Å². The standard InChI is InChI=1S/C15H17NO3S/c1-2-5-12-8-10-13(11-9-12)16-20(18,19)15-7-4-3-6-14(15)17/h3-4,6-11,16-17H,2,5H2,1H3. The van der Waals surface area contributed by atoms with Crippen molar-refractivity contribution in [2.75, 3.05) is 4.72 Å². The number of anilines is 1. The van der Waals surface area contributed by atoms with Gasteiger partial charge in [-0.2, -0.15) is 0 Å². The molecule has 0 aliphatic heterocycles. The smallest absolute Gasteiger partial charge is 0.265 e. The Kier molecular flexibility index (Phi) is 4.29. The van der Waals surface area contributed by atoms with Crippen LogP contribution in [0, 0.1) is 0 Å². The van der Waals surface area contributed by atoms with Crippen LogP contribution in [0.25, 0.3) is 0 Å². The van der Waals surface area contributed by atoms with Crippen molar-refractivity contribution >= 4 is 15.7 Å². The molecule has 0 unspecified atom stereocenters. The second-order valence-corrected chi connectivity index (χ2v) is 6.17. The molecule has 106 valence electrons. The highest BCUT2D eigenvalue weighted by molar-refractivity contribution is 7.92. The van der Waals surface area contributed by atoms with Crippen molar-refractivity contribution in [3.05, 3.63) is 54.1 Å². The van der Waals surface area contributed by atoms with Gasteiger partial charge in [0, 0.05) is 5.69 Å². The van der Waals surface area contributed by atoms with Gasteiger partial charge in [-0.15, -0.1) is 0 Å². The van der Waals surface area contributed by atoms with Crippen LogP contribution < -0.4 is 4.72 Å². The lowest BCUT2D eigenvalue weighted by atomic mass is 10.1. The Hall–Kier alpha value is -2.01. The molecule has 2 aromatic carbocycles. The van der Waals surface area contributed by atoms with E-state index in [2.05, 4.69) is 11.6 Å². The lowest BCUT2D eigenvalue weighted by Gasteiger charge is -2.09. The van der Waals surface area contributed by atoms with Crippen LogP contribution in [0.3, 0.4) is 0 Å². The summed E-state index contributed by atoms with van der Waals surface area (Å²) in [6, 6.07) is 13.1. The Labute approximate surface area is 119 Å². The molecule has 2 N–H and O–H groups in total. The summed E-state index contributed by atoms with van der Waals surface area (Å²) >= 11 is 0. The van der Waals surface area contributed by atoms with Crippen molar-refractivity contribution in [1.82, 2.24) is 0 Å². The normalized spacial score (nSPS) is 11.2. The van der Waals surface area contributed by atoms with E-state index < -0.39 is 10.0 Å². The molecule has 0 radical (unpaired) electrons. The fourth-order valence-corrected chi connectivity index (χ4v) is 3.08. The quantitative estimate of drug-likeness (QED) is 0.889. The summed E-state index contributed by atoms with van der Waals surface area (Å²) in [7, 11) is -3.77. The first kappa shape index (κ1) is 14.4. The average Bonchev–Trinajstić information content (AvgIpc) is 2.41. The number of phenols is 1. The summed E-state index contributed by atoms with van der Waals surface area (Å²) < 4.78 is 26.8. The molecule has 0 amide bonds. The van der Waals surface area contributed by atoms with Gasteiger partial charge in [0.25, 0.3) is 10.0 Å². The number of phenolic OH excluding ortho intramolecular Hbond substituents is 1. The lowest BCUT2D eigenvalue weighted by molar-refractivity contribution is 0.459. The van der Waals surface area contributed by atoms with Crippen LogP contribution in [0.1, 0.15) is 18.9 Å². The van der Waals surface area contributed by atoms with Gasteiger partial charge in [-0.25, -0.2) is 8.42 Å². The number of benzene rings is 2. The SMILES string of the molecule is CCCc1ccc(NS(=O)(=O)c2ccccc2O)cc1. The van der Waals surface area contributed by atoms with Crippen molar-refractivity contribution in [2.45, 2.75) is 24.7 Å². The monoisotopic (exact) mass is 291 g/mol. The predicted molar refractivity (Wildman–Crippen MR) is 79.4 cm³/mol. The molecule has 0 fully saturated rings. The summed E-state index contributed by atoms with van der Waals surface area (Å²) in [5.74, 6) is -0.261. The first-order valence-electron chi connectivity index (χ1n) is 6.42. The van der Waals surface area contributed by atoms with E-state index in [1.54, 1.807) is 24.3 Å². The highest BCUT2D eigenvalue weighted by Gasteiger charge is 2.17. The predicted octanol–water partition coefficient (Wildman–Crippen LogP) is 3.15. The Bertz CT molecular complexity index is 679. The zero-order chi connectivity index (χ0) is 14.6. The molecule has 0 aliphatic carbocycles. The molecule has 0 bridgehead atoms. The minimum Gasteiger partial charge on any atom is -0.507 e. The van der Waals surface area contributed by atoms with Crippen molar-refractivity contribution in [3.63, 3.8) is 0 Å². The van der Waals surface area contributed by atoms with E-state index in [0.29, 0.717) is 5.69 Å². The zero-order valence-electron chi connectivity index (χ0n) is 11.2. The van der Waals surface area contributed by atoms with Crippen molar-refractivity contribution in [2.24, 2.45) is 0 Å². The van der Waals surface area contributed by atoms with Gasteiger partial charge in [0.2, 0.25) is 0 Å². The fraction of sp³-hybridized carbons (Fsp3) is 0.200. The van der Waals surface area contributed by atoms with Gasteiger partial charge >= 0.3 is 0 Å². The largest absolute Gasteiger partial charge is 0.507 e. The van der Waals surface area contributed by atoms with E-state index in [0.717, 1.165) is 18.4 Å². The van der Waals surface area contributed by atoms with E-state index in [1.807, 2.05) is 12.1 Å². The van der Waals surface area contributed by atoms with Crippen LogP contribution in [0.2, 0.25) is 0 Å². The number of sulfonamides is 1. The Morgan fingerprint density at radius 3 is 2.30 bits per heavy atom. The number of hydrogen-bond acceptors (Lipinski definition) is 3. The second-order valence-electron chi connectivity index (χ2n) is 4.52. The molecule has 0 saturated heterocycles. The first-order valence-corrected chi connectivity index (χ1v) is 7.91. The molecule has 5 heteroatoms. The molecule has 4 nitrogen and oxygen atoms in total. The van der Waals surface area contributed by atoms with Crippen LogP contribution in [-0.2, 0) is 16.4 Å². The van der Waals surface area contributed by atoms with Crippen LogP contribution in [0.5, 0.6) is 5.75 Å². The number of para-hydroxylation sites is 1. The Morgan fingerprint density at radius 1 is 1.05 bits per heavy atom. The number of nitrogens with one attached hydrogen (secondary N) is 1. The average molecular weight is 291 g/mol. The molecule has 0 saturated carbocycles. The summed E-state index contributed by atoms with van der Waals surface area (Å²) in [6.07, 6.45) is 2.01. The molecule has 0 atom stereocenters. The van der Waals surface area contributed by atoms with Crippen LogP contribution in [-0.4, -0.2) is 13.5 Å². The first-order chi connectivity index (χ1) is 9.53. The third-order valence-corrected chi connectivity index (χ3v) is 4.33.